The van der Waals surface area contributed by atoms with Crippen molar-refractivity contribution in [3.05, 3.63) is 11.8 Å². The molecule has 2 amide bonds. The predicted molar refractivity (Wildman–Crippen MR) is 99.1 cm³/mol. The number of hydrogen-bond donors (Lipinski definition) is 2. The molecular formula is C19H23F3N6O2. The number of primary amides is 1. The van der Waals surface area contributed by atoms with E-state index in [4.69, 9.17) is 5.73 Å². The van der Waals surface area contributed by atoms with Gasteiger partial charge in [0.25, 0.3) is 5.91 Å². The summed E-state index contributed by atoms with van der Waals surface area (Å²) in [5.41, 5.74) is 4.76. The quantitative estimate of drug-likeness (QED) is 0.724. The van der Waals surface area contributed by atoms with Gasteiger partial charge in [0, 0.05) is 25.2 Å². The van der Waals surface area contributed by atoms with E-state index in [9.17, 15) is 28.0 Å². The van der Waals surface area contributed by atoms with E-state index in [1.165, 1.54) is 15.8 Å². The molecule has 2 saturated carbocycles. The first-order chi connectivity index (χ1) is 14.1. The van der Waals surface area contributed by atoms with Crippen LogP contribution < -0.4 is 11.1 Å². The van der Waals surface area contributed by atoms with Crippen molar-refractivity contribution in [3.8, 4) is 6.07 Å². The Balaban J connectivity index is 1.54. The van der Waals surface area contributed by atoms with Crippen LogP contribution >= 0.6 is 0 Å². The maximum Gasteiger partial charge on any atom is 0.401 e. The Hall–Kier alpha value is -2.61. The van der Waals surface area contributed by atoms with Crippen LogP contribution in [0.4, 0.5) is 19.0 Å². The third-order valence-electron chi connectivity index (χ3n) is 6.70. The Morgan fingerprint density at radius 2 is 1.97 bits per heavy atom. The second-order valence-electron chi connectivity index (χ2n) is 8.76. The maximum atomic E-state index is 12.7. The van der Waals surface area contributed by atoms with Crippen molar-refractivity contribution in [1.29, 1.82) is 5.26 Å². The van der Waals surface area contributed by atoms with Gasteiger partial charge in [-0.15, -0.1) is 0 Å². The summed E-state index contributed by atoms with van der Waals surface area (Å²) in [5.74, 6) is -1.00. The van der Waals surface area contributed by atoms with Crippen molar-refractivity contribution >= 4 is 17.6 Å². The highest BCUT2D eigenvalue weighted by atomic mass is 19.4. The zero-order valence-electron chi connectivity index (χ0n) is 16.3. The van der Waals surface area contributed by atoms with E-state index in [2.05, 4.69) is 16.5 Å². The molecule has 1 aliphatic heterocycles. The Kier molecular flexibility index (Phi) is 4.80. The number of piperidine rings is 1. The lowest BCUT2D eigenvalue weighted by Gasteiger charge is -2.40. The summed E-state index contributed by atoms with van der Waals surface area (Å²) in [7, 11) is 0. The van der Waals surface area contributed by atoms with Gasteiger partial charge in [-0.3, -0.25) is 19.2 Å². The number of likely N-dealkylation sites (tertiary alicyclic amines) is 1. The molecule has 8 nitrogen and oxygen atoms in total. The first-order valence-corrected chi connectivity index (χ1v) is 9.94. The summed E-state index contributed by atoms with van der Waals surface area (Å²) in [6, 6.07) is 2.08. The fourth-order valence-corrected chi connectivity index (χ4v) is 4.54. The number of anilines is 1. The van der Waals surface area contributed by atoms with Crippen LogP contribution in [0.1, 0.15) is 48.9 Å². The maximum absolute atomic E-state index is 12.7. The van der Waals surface area contributed by atoms with Gasteiger partial charge in [-0.1, -0.05) is 0 Å². The second kappa shape index (κ2) is 6.97. The van der Waals surface area contributed by atoms with E-state index >= 15 is 0 Å². The minimum absolute atomic E-state index is 0.0197. The molecule has 3 N–H and O–H groups in total. The molecule has 1 aromatic rings. The molecule has 3 fully saturated rings. The molecule has 1 unspecified atom stereocenters. The Morgan fingerprint density at radius 1 is 1.30 bits per heavy atom. The highest BCUT2D eigenvalue weighted by molar-refractivity contribution is 6.03. The van der Waals surface area contributed by atoms with Crippen molar-refractivity contribution in [1.82, 2.24) is 14.7 Å². The summed E-state index contributed by atoms with van der Waals surface area (Å²) < 4.78 is 39.5. The van der Waals surface area contributed by atoms with Crippen LogP contribution in [0.2, 0.25) is 0 Å². The SMILES string of the molecule is N#CCC1(n2cc(C(N)=O)c(NC(=O)C3CC34CC4)n2)CCN(CC(F)(F)F)CC1. The molecule has 0 aromatic carbocycles. The molecule has 0 bridgehead atoms. The molecule has 1 spiro atoms. The van der Waals surface area contributed by atoms with Crippen LogP contribution in [0.5, 0.6) is 0 Å². The number of carbonyl (C=O) groups excluding carboxylic acids is 2. The molecule has 1 atom stereocenters. The van der Waals surface area contributed by atoms with E-state index in [0.29, 0.717) is 0 Å². The lowest BCUT2D eigenvalue weighted by molar-refractivity contribution is -0.150. The van der Waals surface area contributed by atoms with Gasteiger partial charge < -0.3 is 11.1 Å². The fourth-order valence-electron chi connectivity index (χ4n) is 4.54. The van der Waals surface area contributed by atoms with Crippen LogP contribution in [0.15, 0.2) is 6.20 Å². The van der Waals surface area contributed by atoms with Crippen molar-refractivity contribution in [3.63, 3.8) is 0 Å². The van der Waals surface area contributed by atoms with Crippen molar-refractivity contribution in [2.45, 2.75) is 50.2 Å². The number of alkyl halides is 3. The summed E-state index contributed by atoms with van der Waals surface area (Å²) in [5, 5.41) is 16.4. The zero-order chi connectivity index (χ0) is 21.7. The van der Waals surface area contributed by atoms with Crippen LogP contribution in [0.3, 0.4) is 0 Å². The smallest absolute Gasteiger partial charge is 0.365 e. The van der Waals surface area contributed by atoms with E-state index in [1.54, 1.807) is 0 Å². The number of carbonyl (C=O) groups is 2. The van der Waals surface area contributed by atoms with E-state index in [-0.39, 0.29) is 61.0 Å². The Bertz CT molecular complexity index is 906. The molecule has 2 aliphatic carbocycles. The number of halogens is 3. The van der Waals surface area contributed by atoms with Gasteiger partial charge in [-0.2, -0.15) is 23.5 Å². The lowest BCUT2D eigenvalue weighted by atomic mass is 9.85. The third-order valence-corrected chi connectivity index (χ3v) is 6.70. The minimum atomic E-state index is -4.29. The number of hydrogen-bond acceptors (Lipinski definition) is 5. The average Bonchev–Trinajstić information content (AvgIpc) is 3.55. The van der Waals surface area contributed by atoms with Crippen LogP contribution in [0.25, 0.3) is 0 Å². The Labute approximate surface area is 171 Å². The summed E-state index contributed by atoms with van der Waals surface area (Å²) in [4.78, 5) is 25.7. The molecule has 30 heavy (non-hydrogen) atoms. The largest absolute Gasteiger partial charge is 0.401 e. The number of rotatable bonds is 6. The first kappa shape index (κ1) is 20.7. The molecule has 3 aliphatic rings. The van der Waals surface area contributed by atoms with Gasteiger partial charge in [0.05, 0.1) is 24.6 Å². The first-order valence-electron chi connectivity index (χ1n) is 9.94. The molecule has 162 valence electrons. The summed E-state index contributed by atoms with van der Waals surface area (Å²) in [6.45, 7) is -0.732. The van der Waals surface area contributed by atoms with E-state index in [0.717, 1.165) is 19.3 Å². The number of nitrogens with two attached hydrogens (primary N) is 1. The van der Waals surface area contributed by atoms with Crippen molar-refractivity contribution in [2.24, 2.45) is 17.1 Å². The van der Waals surface area contributed by atoms with Crippen LogP contribution in [-0.2, 0) is 10.3 Å². The topological polar surface area (TPSA) is 117 Å². The molecule has 11 heteroatoms. The molecule has 1 aromatic heterocycles. The molecule has 2 heterocycles. The normalized spacial score (nSPS) is 24.3. The number of nitrogens with one attached hydrogen (secondary N) is 1. The van der Waals surface area contributed by atoms with Crippen LogP contribution in [0, 0.1) is 22.7 Å². The Morgan fingerprint density at radius 3 is 2.47 bits per heavy atom. The third kappa shape index (κ3) is 3.88. The van der Waals surface area contributed by atoms with Gasteiger partial charge in [0.2, 0.25) is 5.91 Å². The monoisotopic (exact) mass is 424 g/mol. The zero-order valence-corrected chi connectivity index (χ0v) is 16.3. The molecule has 0 radical (unpaired) electrons. The summed E-state index contributed by atoms with van der Waals surface area (Å²) >= 11 is 0. The van der Waals surface area contributed by atoms with Gasteiger partial charge in [-0.25, -0.2) is 0 Å². The molecular weight excluding hydrogens is 401 g/mol. The van der Waals surface area contributed by atoms with Crippen molar-refractivity contribution < 1.29 is 22.8 Å². The highest BCUT2D eigenvalue weighted by Crippen LogP contribution is 2.70. The molecule has 1 saturated heterocycles. The number of amides is 2. The standard InChI is InChI=1S/C19H23F3N6O2/c20-19(21,22)11-27-7-4-18(3-6-23,5-8-27)28-10-12(14(24)29)15(26-28)25-16(30)13-9-17(13)1-2-17/h10,13H,1-5,7-9,11H2,(H2,24,29)(H,25,26,30). The highest BCUT2D eigenvalue weighted by Gasteiger charge is 2.65. The fraction of sp³-hybridized carbons (Fsp3) is 0.684. The van der Waals surface area contributed by atoms with Gasteiger partial charge in [0.15, 0.2) is 5.82 Å². The van der Waals surface area contributed by atoms with Gasteiger partial charge >= 0.3 is 6.18 Å². The number of aromatic nitrogens is 2. The summed E-state index contributed by atoms with van der Waals surface area (Å²) in [6.07, 6.45) is 0.535. The number of nitrogens with zero attached hydrogens (tertiary/aromatic N) is 4. The minimum Gasteiger partial charge on any atom is -0.365 e. The van der Waals surface area contributed by atoms with Gasteiger partial charge in [0.1, 0.15) is 5.56 Å². The van der Waals surface area contributed by atoms with E-state index in [1.807, 2.05) is 0 Å². The van der Waals surface area contributed by atoms with E-state index < -0.39 is 24.2 Å². The average molecular weight is 424 g/mol. The van der Waals surface area contributed by atoms with Gasteiger partial charge in [-0.05, 0) is 37.5 Å². The predicted octanol–water partition coefficient (Wildman–Crippen LogP) is 1.99. The molecule has 4 rings (SSSR count). The number of nitriles is 1. The van der Waals surface area contributed by atoms with Crippen molar-refractivity contribution in [2.75, 3.05) is 25.0 Å². The second-order valence-corrected chi connectivity index (χ2v) is 8.76. The lowest BCUT2D eigenvalue weighted by Crippen LogP contribution is -2.48. The van der Waals surface area contributed by atoms with Crippen LogP contribution in [-0.4, -0.2) is 52.3 Å².